The summed E-state index contributed by atoms with van der Waals surface area (Å²) in [6.07, 6.45) is 3.01. The lowest BCUT2D eigenvalue weighted by Gasteiger charge is -2.29. The molecule has 8 nitrogen and oxygen atoms in total. The Morgan fingerprint density at radius 3 is 2.64 bits per heavy atom. The number of carboxylic acid groups (broad SMARTS) is 1. The van der Waals surface area contributed by atoms with E-state index in [-0.39, 0.29) is 17.3 Å². The Morgan fingerprint density at radius 2 is 2.00 bits per heavy atom. The van der Waals surface area contributed by atoms with Crippen LogP contribution in [-0.2, 0) is 23.0 Å². The van der Waals surface area contributed by atoms with Crippen molar-refractivity contribution in [3.63, 3.8) is 0 Å². The van der Waals surface area contributed by atoms with Crippen LogP contribution < -0.4 is 10.3 Å². The molecule has 202 valence electrons. The maximum Gasteiger partial charge on any atom is 0.339 e. The van der Waals surface area contributed by atoms with E-state index in [1.807, 2.05) is 6.92 Å². The maximum atomic E-state index is 15.5. The molecule has 2 aliphatic rings. The molecule has 0 bridgehead atoms. The molecular weight excluding hydrogens is 501 g/mol. The van der Waals surface area contributed by atoms with Crippen molar-refractivity contribution in [2.75, 3.05) is 6.61 Å². The number of rotatable bonds is 5. The molecule has 3 heterocycles. The van der Waals surface area contributed by atoms with E-state index in [9.17, 15) is 14.7 Å². The Labute approximate surface area is 224 Å². The highest BCUT2D eigenvalue weighted by Crippen LogP contribution is 2.43. The summed E-state index contributed by atoms with van der Waals surface area (Å²) in [5, 5.41) is 18.9. The number of aromatic nitrogens is 1. The molecule has 0 aliphatic carbocycles. The van der Waals surface area contributed by atoms with Gasteiger partial charge in [-0.1, -0.05) is 12.1 Å². The Morgan fingerprint density at radius 1 is 1.26 bits per heavy atom. The van der Waals surface area contributed by atoms with E-state index in [0.29, 0.717) is 46.1 Å². The first-order chi connectivity index (χ1) is 18.4. The van der Waals surface area contributed by atoms with E-state index in [1.54, 1.807) is 51.3 Å². The number of pyridine rings is 1. The number of carbonyl (C=O) groups is 1. The van der Waals surface area contributed by atoms with E-state index in [2.05, 4.69) is 4.99 Å². The molecule has 0 fully saturated rings. The molecule has 9 heteroatoms. The van der Waals surface area contributed by atoms with Gasteiger partial charge in [0.05, 0.1) is 17.9 Å². The monoisotopic (exact) mass is 531 g/mol. The van der Waals surface area contributed by atoms with Crippen LogP contribution in [0.4, 0.5) is 4.39 Å². The molecule has 0 amide bonds. The van der Waals surface area contributed by atoms with Gasteiger partial charge in [0, 0.05) is 35.3 Å². The van der Waals surface area contributed by atoms with Crippen molar-refractivity contribution in [1.29, 1.82) is 5.41 Å². The zero-order valence-electron chi connectivity index (χ0n) is 22.5. The molecule has 1 atom stereocenters. The fourth-order valence-electron chi connectivity index (χ4n) is 5.32. The number of hydrogen-bond acceptors (Lipinski definition) is 5. The van der Waals surface area contributed by atoms with Gasteiger partial charge in [0.15, 0.2) is 17.7 Å². The highest BCUT2D eigenvalue weighted by molar-refractivity contribution is 6.25. The smallest absolute Gasteiger partial charge is 0.339 e. The number of ether oxygens (including phenoxy) is 2. The van der Waals surface area contributed by atoms with E-state index < -0.39 is 29.1 Å². The number of fused-ring (bicyclic) bond motifs is 2. The van der Waals surface area contributed by atoms with E-state index in [1.165, 1.54) is 17.7 Å². The minimum atomic E-state index is -1.50. The van der Waals surface area contributed by atoms with Gasteiger partial charge in [-0.25, -0.2) is 14.2 Å². The van der Waals surface area contributed by atoms with Crippen molar-refractivity contribution in [1.82, 2.24) is 4.57 Å². The SMILES string of the molecule is Cc1c(-c2c(C(OC(C)(C)C)C(=O)O)n(C)c(=O)c3cc(C4=CC(=N)N=C4)ccc23)cc(F)c2c1CCCO2. The zero-order valence-corrected chi connectivity index (χ0v) is 22.5. The lowest BCUT2D eigenvalue weighted by molar-refractivity contribution is -0.161. The van der Waals surface area contributed by atoms with Crippen molar-refractivity contribution < 1.29 is 23.8 Å². The first-order valence-corrected chi connectivity index (χ1v) is 12.7. The van der Waals surface area contributed by atoms with Crippen molar-refractivity contribution in [3.8, 4) is 16.9 Å². The lowest BCUT2D eigenvalue weighted by Crippen LogP contribution is -2.33. The molecule has 2 N–H and O–H groups in total. The van der Waals surface area contributed by atoms with Gasteiger partial charge in [-0.3, -0.25) is 10.2 Å². The largest absolute Gasteiger partial charge is 0.490 e. The van der Waals surface area contributed by atoms with E-state index in [0.717, 1.165) is 17.5 Å². The minimum Gasteiger partial charge on any atom is -0.490 e. The third-order valence-electron chi connectivity index (χ3n) is 7.06. The Balaban J connectivity index is 1.90. The molecule has 1 unspecified atom stereocenters. The number of halogens is 1. The summed E-state index contributed by atoms with van der Waals surface area (Å²) < 4.78 is 28.4. The molecule has 0 radical (unpaired) electrons. The number of nitrogens with one attached hydrogen (secondary N) is 1. The number of aliphatic imine (C=N–C) groups is 1. The molecule has 2 aliphatic heterocycles. The molecule has 0 saturated heterocycles. The molecule has 5 rings (SSSR count). The summed E-state index contributed by atoms with van der Waals surface area (Å²) in [5.41, 5.74) is 2.62. The predicted molar refractivity (Wildman–Crippen MR) is 149 cm³/mol. The van der Waals surface area contributed by atoms with Gasteiger partial charge in [-0.2, -0.15) is 0 Å². The molecular formula is C30H30FN3O5. The molecule has 1 aromatic heterocycles. The number of benzene rings is 2. The fraction of sp³-hybridized carbons (Fsp3) is 0.333. The standard InChI is InChI=1S/C30H30FN3O5/c1-15-18-7-6-10-38-26(18)22(31)13-20(15)24-19-9-8-16(17-12-23(32)33-14-17)11-21(19)28(35)34(5)25(24)27(29(36)37)39-30(2,3)4/h8-9,11-14,27,32H,6-7,10H2,1-5H3,(H,36,37). The van der Waals surface area contributed by atoms with Crippen LogP contribution in [-0.4, -0.2) is 39.9 Å². The summed E-state index contributed by atoms with van der Waals surface area (Å²) in [7, 11) is 1.51. The second-order valence-corrected chi connectivity index (χ2v) is 10.9. The Kier molecular flexibility index (Phi) is 6.50. The van der Waals surface area contributed by atoms with Crippen LogP contribution in [0.3, 0.4) is 0 Å². The molecule has 39 heavy (non-hydrogen) atoms. The van der Waals surface area contributed by atoms with Crippen LogP contribution >= 0.6 is 0 Å². The van der Waals surface area contributed by atoms with Crippen LogP contribution in [0, 0.1) is 18.2 Å². The predicted octanol–water partition coefficient (Wildman–Crippen LogP) is 5.36. The van der Waals surface area contributed by atoms with Gasteiger partial charge in [-0.05, 0) is 80.8 Å². The average molecular weight is 532 g/mol. The highest BCUT2D eigenvalue weighted by Gasteiger charge is 2.34. The Hall–Kier alpha value is -4.11. The van der Waals surface area contributed by atoms with Gasteiger partial charge in [0.1, 0.15) is 5.84 Å². The number of nitrogens with zero attached hydrogens (tertiary/aromatic N) is 2. The highest BCUT2D eigenvalue weighted by atomic mass is 19.1. The van der Waals surface area contributed by atoms with Gasteiger partial charge in [0.25, 0.3) is 5.56 Å². The zero-order chi connectivity index (χ0) is 28.2. The van der Waals surface area contributed by atoms with Crippen LogP contribution in [0.1, 0.15) is 55.7 Å². The molecule has 0 saturated carbocycles. The maximum absolute atomic E-state index is 15.5. The summed E-state index contributed by atoms with van der Waals surface area (Å²) in [4.78, 5) is 30.4. The minimum absolute atomic E-state index is 0.111. The van der Waals surface area contributed by atoms with Crippen molar-refractivity contribution in [3.05, 3.63) is 68.9 Å². The van der Waals surface area contributed by atoms with E-state index in [4.69, 9.17) is 14.9 Å². The van der Waals surface area contributed by atoms with Crippen LogP contribution in [0.25, 0.3) is 27.5 Å². The van der Waals surface area contributed by atoms with Crippen LogP contribution in [0.5, 0.6) is 5.75 Å². The molecule has 2 aromatic carbocycles. The van der Waals surface area contributed by atoms with Crippen LogP contribution in [0.15, 0.2) is 40.1 Å². The van der Waals surface area contributed by atoms with Gasteiger partial charge < -0.3 is 19.1 Å². The van der Waals surface area contributed by atoms with Gasteiger partial charge in [0.2, 0.25) is 0 Å². The summed E-state index contributed by atoms with van der Waals surface area (Å²) >= 11 is 0. The second-order valence-electron chi connectivity index (χ2n) is 10.9. The number of amidine groups is 1. The van der Waals surface area contributed by atoms with Crippen molar-refractivity contribution in [2.24, 2.45) is 12.0 Å². The first-order valence-electron chi connectivity index (χ1n) is 12.7. The number of carboxylic acids is 1. The van der Waals surface area contributed by atoms with Crippen molar-refractivity contribution >= 4 is 34.4 Å². The lowest BCUT2D eigenvalue weighted by atomic mass is 9.87. The second kappa shape index (κ2) is 9.57. The van der Waals surface area contributed by atoms with Crippen LogP contribution in [0.2, 0.25) is 0 Å². The molecule has 0 spiro atoms. The van der Waals surface area contributed by atoms with E-state index >= 15 is 4.39 Å². The molecule has 3 aromatic rings. The average Bonchev–Trinajstić information content (AvgIpc) is 3.32. The number of allylic oxidation sites excluding steroid dienone is 1. The summed E-state index contributed by atoms with van der Waals surface area (Å²) in [6, 6.07) is 6.60. The number of hydrogen-bond donors (Lipinski definition) is 2. The third-order valence-corrected chi connectivity index (χ3v) is 7.06. The quantitative estimate of drug-likeness (QED) is 0.460. The third kappa shape index (κ3) is 4.67. The fourth-order valence-corrected chi connectivity index (χ4v) is 5.32. The first kappa shape index (κ1) is 26.5. The Bertz CT molecular complexity index is 1680. The van der Waals surface area contributed by atoms with Crippen molar-refractivity contribution in [2.45, 2.75) is 52.2 Å². The van der Waals surface area contributed by atoms with Gasteiger partial charge in [-0.15, -0.1) is 0 Å². The topological polar surface area (TPSA) is 114 Å². The number of aliphatic carboxylic acids is 1. The summed E-state index contributed by atoms with van der Waals surface area (Å²) in [6.45, 7) is 7.51. The normalized spacial score (nSPS) is 15.7. The van der Waals surface area contributed by atoms with Gasteiger partial charge >= 0.3 is 5.97 Å². The summed E-state index contributed by atoms with van der Waals surface area (Å²) in [5.74, 6) is -1.47.